The van der Waals surface area contributed by atoms with Gasteiger partial charge in [0, 0.05) is 16.7 Å². The van der Waals surface area contributed by atoms with E-state index in [4.69, 9.17) is 4.74 Å². The van der Waals surface area contributed by atoms with E-state index >= 15 is 0 Å². The van der Waals surface area contributed by atoms with E-state index in [-0.39, 0.29) is 0 Å². The maximum atomic E-state index is 5.64. The average molecular weight is 231 g/mol. The fourth-order valence-electron chi connectivity index (χ4n) is 1.34. The van der Waals surface area contributed by atoms with Crippen molar-refractivity contribution in [3.8, 4) is 11.6 Å². The number of thioether (sulfide) groups is 1. The third-order valence-corrected chi connectivity index (χ3v) is 2.89. The molecule has 0 bridgehead atoms. The number of aryl methyl sites for hydroxylation is 1. The number of nitrogens with zero attached hydrogens (tertiary/aromatic N) is 1. The molecule has 3 heteroatoms. The van der Waals surface area contributed by atoms with Crippen molar-refractivity contribution < 1.29 is 4.74 Å². The van der Waals surface area contributed by atoms with E-state index in [0.717, 1.165) is 11.4 Å². The lowest BCUT2D eigenvalue weighted by molar-refractivity contribution is 0.461. The van der Waals surface area contributed by atoms with E-state index in [2.05, 4.69) is 11.2 Å². The van der Waals surface area contributed by atoms with Crippen molar-refractivity contribution in [2.45, 2.75) is 11.8 Å². The highest BCUT2D eigenvalue weighted by Gasteiger charge is 1.98. The highest BCUT2D eigenvalue weighted by molar-refractivity contribution is 7.98. The molecule has 0 fully saturated rings. The van der Waals surface area contributed by atoms with Crippen molar-refractivity contribution in [1.82, 2.24) is 4.98 Å². The lowest BCUT2D eigenvalue weighted by atomic mass is 10.3. The average Bonchev–Trinajstić information content (AvgIpc) is 2.30. The molecular weight excluding hydrogens is 218 g/mol. The molecule has 0 aliphatic heterocycles. The first-order chi connectivity index (χ1) is 7.78. The topological polar surface area (TPSA) is 22.1 Å². The number of rotatable bonds is 3. The Morgan fingerprint density at radius 1 is 1.06 bits per heavy atom. The Hall–Kier alpha value is -1.48. The fourth-order valence-corrected chi connectivity index (χ4v) is 1.75. The van der Waals surface area contributed by atoms with E-state index in [1.54, 1.807) is 11.8 Å². The Labute approximate surface area is 99.7 Å². The zero-order chi connectivity index (χ0) is 11.4. The number of benzene rings is 1. The number of hydrogen-bond acceptors (Lipinski definition) is 3. The first-order valence-corrected chi connectivity index (χ1v) is 6.26. The summed E-state index contributed by atoms with van der Waals surface area (Å²) in [5, 5.41) is 0. The van der Waals surface area contributed by atoms with Gasteiger partial charge in [0.1, 0.15) is 5.75 Å². The summed E-state index contributed by atoms with van der Waals surface area (Å²) in [5.74, 6) is 1.45. The molecule has 16 heavy (non-hydrogen) atoms. The number of pyridine rings is 1. The van der Waals surface area contributed by atoms with Crippen molar-refractivity contribution in [3.05, 3.63) is 48.2 Å². The molecule has 1 heterocycles. The first kappa shape index (κ1) is 11.0. The zero-order valence-corrected chi connectivity index (χ0v) is 10.1. The molecule has 0 aliphatic rings. The summed E-state index contributed by atoms with van der Waals surface area (Å²) in [7, 11) is 0. The van der Waals surface area contributed by atoms with Crippen LogP contribution in [0.4, 0.5) is 0 Å². The van der Waals surface area contributed by atoms with Crippen LogP contribution in [-0.2, 0) is 0 Å². The second-order valence-corrected chi connectivity index (χ2v) is 4.27. The van der Waals surface area contributed by atoms with E-state index < -0.39 is 0 Å². The van der Waals surface area contributed by atoms with Gasteiger partial charge in [-0.05, 0) is 43.5 Å². The molecule has 0 aliphatic carbocycles. The summed E-state index contributed by atoms with van der Waals surface area (Å²) in [4.78, 5) is 5.51. The van der Waals surface area contributed by atoms with E-state index in [9.17, 15) is 0 Å². The van der Waals surface area contributed by atoms with Gasteiger partial charge in [-0.2, -0.15) is 0 Å². The number of ether oxygens (including phenoxy) is 1. The monoisotopic (exact) mass is 231 g/mol. The molecule has 2 aromatic rings. The SMILES string of the molecule is CSc1ccc(Oc2cccc(C)n2)cc1. The minimum Gasteiger partial charge on any atom is -0.439 e. The molecule has 2 rings (SSSR count). The van der Waals surface area contributed by atoms with Gasteiger partial charge in [0.05, 0.1) is 0 Å². The van der Waals surface area contributed by atoms with Gasteiger partial charge in [0.15, 0.2) is 0 Å². The van der Waals surface area contributed by atoms with Crippen LogP contribution < -0.4 is 4.74 Å². The highest BCUT2D eigenvalue weighted by Crippen LogP contribution is 2.22. The predicted octanol–water partition coefficient (Wildman–Crippen LogP) is 3.90. The molecule has 0 saturated carbocycles. The van der Waals surface area contributed by atoms with Crippen LogP contribution in [0.2, 0.25) is 0 Å². The van der Waals surface area contributed by atoms with Crippen molar-refractivity contribution >= 4 is 11.8 Å². The first-order valence-electron chi connectivity index (χ1n) is 5.03. The number of hydrogen-bond donors (Lipinski definition) is 0. The fraction of sp³-hybridized carbons (Fsp3) is 0.154. The summed E-state index contributed by atoms with van der Waals surface area (Å²) in [5.41, 5.74) is 0.957. The second-order valence-electron chi connectivity index (χ2n) is 3.39. The van der Waals surface area contributed by atoms with Crippen molar-refractivity contribution in [2.24, 2.45) is 0 Å². The minimum atomic E-state index is 0.636. The minimum absolute atomic E-state index is 0.636. The van der Waals surface area contributed by atoms with Gasteiger partial charge in [0.2, 0.25) is 5.88 Å². The van der Waals surface area contributed by atoms with Gasteiger partial charge in [-0.25, -0.2) is 4.98 Å². The Balaban J connectivity index is 2.14. The zero-order valence-electron chi connectivity index (χ0n) is 9.31. The van der Waals surface area contributed by atoms with E-state index in [1.165, 1.54) is 4.90 Å². The van der Waals surface area contributed by atoms with Crippen molar-refractivity contribution in [1.29, 1.82) is 0 Å². The largest absolute Gasteiger partial charge is 0.439 e. The molecule has 0 spiro atoms. The molecular formula is C13H13NOS. The maximum absolute atomic E-state index is 5.64. The third-order valence-electron chi connectivity index (χ3n) is 2.14. The van der Waals surface area contributed by atoms with Gasteiger partial charge >= 0.3 is 0 Å². The van der Waals surface area contributed by atoms with Crippen LogP contribution in [0.3, 0.4) is 0 Å². The third kappa shape index (κ3) is 2.76. The number of aromatic nitrogens is 1. The predicted molar refractivity (Wildman–Crippen MR) is 67.3 cm³/mol. The van der Waals surface area contributed by atoms with Crippen LogP contribution in [0.25, 0.3) is 0 Å². The van der Waals surface area contributed by atoms with Crippen LogP contribution in [-0.4, -0.2) is 11.2 Å². The smallest absolute Gasteiger partial charge is 0.219 e. The molecule has 1 aromatic carbocycles. The molecule has 2 nitrogen and oxygen atoms in total. The molecule has 0 N–H and O–H groups in total. The second kappa shape index (κ2) is 5.03. The molecule has 0 atom stereocenters. The summed E-state index contributed by atoms with van der Waals surface area (Å²) in [6, 6.07) is 13.7. The van der Waals surface area contributed by atoms with Crippen molar-refractivity contribution in [3.63, 3.8) is 0 Å². The molecule has 82 valence electrons. The lowest BCUT2D eigenvalue weighted by Gasteiger charge is -2.05. The quantitative estimate of drug-likeness (QED) is 0.748. The van der Waals surface area contributed by atoms with Gasteiger partial charge in [-0.3, -0.25) is 0 Å². The molecule has 1 aromatic heterocycles. The Morgan fingerprint density at radius 3 is 2.44 bits per heavy atom. The Kier molecular flexibility index (Phi) is 3.47. The molecule has 0 saturated heterocycles. The Bertz CT molecular complexity index is 468. The van der Waals surface area contributed by atoms with E-state index in [1.807, 2.05) is 49.4 Å². The van der Waals surface area contributed by atoms with Gasteiger partial charge in [-0.15, -0.1) is 11.8 Å². The molecule has 0 unspecified atom stereocenters. The van der Waals surface area contributed by atoms with Crippen LogP contribution in [0.5, 0.6) is 11.6 Å². The highest BCUT2D eigenvalue weighted by atomic mass is 32.2. The normalized spacial score (nSPS) is 10.1. The summed E-state index contributed by atoms with van der Waals surface area (Å²) < 4.78 is 5.64. The van der Waals surface area contributed by atoms with Crippen molar-refractivity contribution in [2.75, 3.05) is 6.26 Å². The van der Waals surface area contributed by atoms with Gasteiger partial charge in [0.25, 0.3) is 0 Å². The van der Waals surface area contributed by atoms with Crippen LogP contribution in [0.1, 0.15) is 5.69 Å². The van der Waals surface area contributed by atoms with Crippen LogP contribution in [0.15, 0.2) is 47.4 Å². The summed E-state index contributed by atoms with van der Waals surface area (Å²) in [6.45, 7) is 1.95. The summed E-state index contributed by atoms with van der Waals surface area (Å²) in [6.07, 6.45) is 2.05. The molecule has 0 radical (unpaired) electrons. The van der Waals surface area contributed by atoms with Gasteiger partial charge < -0.3 is 4.74 Å². The van der Waals surface area contributed by atoms with Crippen LogP contribution >= 0.6 is 11.8 Å². The van der Waals surface area contributed by atoms with Gasteiger partial charge in [-0.1, -0.05) is 6.07 Å². The Morgan fingerprint density at radius 2 is 1.81 bits per heavy atom. The standard InChI is InChI=1S/C13H13NOS/c1-10-4-3-5-13(14-10)15-11-6-8-12(16-2)9-7-11/h3-9H,1-2H3. The maximum Gasteiger partial charge on any atom is 0.219 e. The van der Waals surface area contributed by atoms with Crippen LogP contribution in [0, 0.1) is 6.92 Å². The molecule has 0 amide bonds. The van der Waals surface area contributed by atoms with E-state index in [0.29, 0.717) is 5.88 Å². The summed E-state index contributed by atoms with van der Waals surface area (Å²) >= 11 is 1.72. The lowest BCUT2D eigenvalue weighted by Crippen LogP contribution is -1.88.